The number of benzene rings is 14. The highest BCUT2D eigenvalue weighted by molar-refractivity contribution is 6.29. The van der Waals surface area contributed by atoms with Gasteiger partial charge in [0.25, 0.3) is 0 Å². The molecular formula is C76H43N3O3. The minimum atomic E-state index is 0.821. The van der Waals surface area contributed by atoms with Crippen molar-refractivity contribution < 1.29 is 13.3 Å². The van der Waals surface area contributed by atoms with Gasteiger partial charge in [0.05, 0.1) is 11.0 Å². The van der Waals surface area contributed by atoms with Crippen molar-refractivity contribution in [2.75, 3.05) is 9.80 Å². The molecule has 0 aliphatic rings. The van der Waals surface area contributed by atoms with Gasteiger partial charge in [-0.2, -0.15) is 0 Å². The van der Waals surface area contributed by atoms with Crippen molar-refractivity contribution in [3.63, 3.8) is 0 Å². The Balaban J connectivity index is 0.810. The summed E-state index contributed by atoms with van der Waals surface area (Å²) in [4.78, 5) is 4.76. The maximum absolute atomic E-state index is 7.19. The summed E-state index contributed by atoms with van der Waals surface area (Å²) in [6.45, 7) is 0. The Bertz CT molecular complexity index is 5940. The maximum atomic E-state index is 7.19. The standard InChI is InChI=1S/C76H43N3O3/c1-3-12-55-44(10-1)20-22-46-24-27-50(39-64(46)55)77(52-31-36-70-66(41-52)58-14-5-7-18-68(58)80-70)49-29-34-57-48(38-49)26-33-61-60-16-9-17-63-74(60)79(73(57)61)75-62-35-30-54(43-72(62)82-76(63)75)78(53-32-37-71-67(42-53)59-15-6-8-19-69(59)81-71)51-28-25-47-23-21-45-11-2-4-13-56(45)65(47)40-51/h1-43H. The van der Waals surface area contributed by atoms with Gasteiger partial charge in [0.2, 0.25) is 0 Å². The fraction of sp³-hybridized carbons (Fsp3) is 0. The predicted octanol–water partition coefficient (Wildman–Crippen LogP) is 22.1. The smallest absolute Gasteiger partial charge is 0.161 e. The lowest BCUT2D eigenvalue weighted by atomic mass is 10.0. The summed E-state index contributed by atoms with van der Waals surface area (Å²) in [6.07, 6.45) is 0. The van der Waals surface area contributed by atoms with E-state index in [4.69, 9.17) is 13.3 Å². The molecule has 6 nitrogen and oxygen atoms in total. The number of hydrogen-bond acceptors (Lipinski definition) is 5. The maximum Gasteiger partial charge on any atom is 0.161 e. The molecule has 0 atom stereocenters. The fourth-order valence-corrected chi connectivity index (χ4v) is 13.9. The molecule has 0 unspecified atom stereocenters. The molecule has 5 heterocycles. The highest BCUT2D eigenvalue weighted by Gasteiger charge is 2.26. The molecule has 0 saturated carbocycles. The van der Waals surface area contributed by atoms with Crippen LogP contribution in [0.4, 0.5) is 34.1 Å². The summed E-state index contributed by atoms with van der Waals surface area (Å²) in [5.74, 6) is 0. The van der Waals surface area contributed by atoms with Crippen LogP contribution in [0.5, 0.6) is 0 Å². The molecule has 6 heteroatoms. The summed E-state index contributed by atoms with van der Waals surface area (Å²) >= 11 is 0. The monoisotopic (exact) mass is 1050 g/mol. The van der Waals surface area contributed by atoms with Gasteiger partial charge in [-0.05, 0) is 152 Å². The first-order valence-corrected chi connectivity index (χ1v) is 28.0. The van der Waals surface area contributed by atoms with Crippen molar-refractivity contribution in [3.8, 4) is 0 Å². The molecule has 0 N–H and O–H groups in total. The Hall–Kier alpha value is -11.1. The lowest BCUT2D eigenvalue weighted by Gasteiger charge is -2.26. The molecule has 82 heavy (non-hydrogen) atoms. The van der Waals surface area contributed by atoms with E-state index in [1.807, 2.05) is 24.3 Å². The topological polar surface area (TPSA) is 50.3 Å². The third kappa shape index (κ3) is 6.12. The summed E-state index contributed by atoms with van der Waals surface area (Å²) < 4.78 is 22.4. The van der Waals surface area contributed by atoms with Crippen LogP contribution in [0, 0.1) is 0 Å². The molecule has 0 bridgehead atoms. The Morgan fingerprint density at radius 1 is 0.207 bits per heavy atom. The van der Waals surface area contributed by atoms with Crippen LogP contribution in [0.2, 0.25) is 0 Å². The molecule has 19 rings (SSSR count). The van der Waals surface area contributed by atoms with E-state index in [2.05, 4.69) is 251 Å². The first-order chi connectivity index (χ1) is 40.6. The second kappa shape index (κ2) is 16.3. The minimum absolute atomic E-state index is 0.821. The van der Waals surface area contributed by atoms with Gasteiger partial charge >= 0.3 is 0 Å². The third-order valence-electron chi connectivity index (χ3n) is 17.6. The Labute approximate surface area is 467 Å². The molecule has 5 aromatic heterocycles. The van der Waals surface area contributed by atoms with Crippen LogP contribution >= 0.6 is 0 Å². The molecule has 0 radical (unpaired) electrons. The molecule has 0 amide bonds. The number of anilines is 6. The average Bonchev–Trinajstić information content (AvgIpc) is 1.76. The zero-order chi connectivity index (χ0) is 53.3. The van der Waals surface area contributed by atoms with Gasteiger partial charge in [-0.15, -0.1) is 0 Å². The number of nitrogens with zero attached hydrogens (tertiary/aromatic N) is 3. The predicted molar refractivity (Wildman–Crippen MR) is 342 cm³/mol. The molecule has 0 fully saturated rings. The van der Waals surface area contributed by atoms with Gasteiger partial charge < -0.3 is 27.5 Å². The number of rotatable bonds is 6. The summed E-state index contributed by atoms with van der Waals surface area (Å²) in [5, 5.41) is 20.9. The first-order valence-electron chi connectivity index (χ1n) is 28.0. The van der Waals surface area contributed by atoms with E-state index in [-0.39, 0.29) is 0 Å². The van der Waals surface area contributed by atoms with E-state index in [0.29, 0.717) is 0 Å². The molecule has 19 aromatic rings. The number of para-hydroxylation sites is 3. The van der Waals surface area contributed by atoms with Crippen molar-refractivity contribution in [2.45, 2.75) is 0 Å². The van der Waals surface area contributed by atoms with Crippen LogP contribution in [0.3, 0.4) is 0 Å². The van der Waals surface area contributed by atoms with Crippen molar-refractivity contribution in [3.05, 3.63) is 261 Å². The zero-order valence-corrected chi connectivity index (χ0v) is 43.9. The van der Waals surface area contributed by atoms with E-state index in [9.17, 15) is 0 Å². The van der Waals surface area contributed by atoms with Crippen molar-refractivity contribution in [1.29, 1.82) is 0 Å². The van der Waals surface area contributed by atoms with E-state index in [1.54, 1.807) is 0 Å². The largest absolute Gasteiger partial charge is 0.456 e. The van der Waals surface area contributed by atoms with Gasteiger partial charge in [0, 0.05) is 88.7 Å². The van der Waals surface area contributed by atoms with Crippen LogP contribution in [-0.4, -0.2) is 4.40 Å². The molecule has 0 saturated heterocycles. The Morgan fingerprint density at radius 3 is 1.21 bits per heavy atom. The van der Waals surface area contributed by atoms with E-state index >= 15 is 0 Å². The van der Waals surface area contributed by atoms with Crippen LogP contribution in [0.1, 0.15) is 0 Å². The Morgan fingerprint density at radius 2 is 0.598 bits per heavy atom. The molecule has 0 aliphatic carbocycles. The van der Waals surface area contributed by atoms with Crippen molar-refractivity contribution in [1.82, 2.24) is 4.40 Å². The van der Waals surface area contributed by atoms with Gasteiger partial charge in [-0.25, -0.2) is 0 Å². The minimum Gasteiger partial charge on any atom is -0.456 e. The van der Waals surface area contributed by atoms with Gasteiger partial charge in [0.1, 0.15) is 33.4 Å². The molecule has 0 spiro atoms. The van der Waals surface area contributed by atoms with Gasteiger partial charge in [0.15, 0.2) is 5.58 Å². The number of hydrogen-bond donors (Lipinski definition) is 0. The molecule has 380 valence electrons. The third-order valence-corrected chi connectivity index (χ3v) is 17.6. The fourth-order valence-electron chi connectivity index (χ4n) is 13.9. The van der Waals surface area contributed by atoms with Crippen LogP contribution in [0.15, 0.2) is 274 Å². The van der Waals surface area contributed by atoms with E-state index < -0.39 is 0 Å². The van der Waals surface area contributed by atoms with Crippen molar-refractivity contribution >= 4 is 181 Å². The van der Waals surface area contributed by atoms with Gasteiger partial charge in [-0.1, -0.05) is 152 Å². The number of fused-ring (bicyclic) bond motifs is 22. The van der Waals surface area contributed by atoms with Crippen LogP contribution in [-0.2, 0) is 0 Å². The normalized spacial score (nSPS) is 12.4. The summed E-state index contributed by atoms with van der Waals surface area (Å²) in [7, 11) is 0. The summed E-state index contributed by atoms with van der Waals surface area (Å²) in [5.41, 5.74) is 14.8. The molecular weight excluding hydrogens is 1000 g/mol. The Kier molecular flexibility index (Phi) is 8.69. The lowest BCUT2D eigenvalue weighted by Crippen LogP contribution is -2.10. The molecule has 0 aliphatic heterocycles. The lowest BCUT2D eigenvalue weighted by molar-refractivity contribution is 0.668. The first kappa shape index (κ1) is 43.9. The molecule has 14 aromatic carbocycles. The highest BCUT2D eigenvalue weighted by atomic mass is 16.3. The number of aromatic nitrogens is 1. The average molecular weight is 1050 g/mol. The van der Waals surface area contributed by atoms with Crippen LogP contribution < -0.4 is 9.80 Å². The second-order valence-corrected chi connectivity index (χ2v) is 22.0. The van der Waals surface area contributed by atoms with Gasteiger partial charge in [-0.3, -0.25) is 0 Å². The quantitative estimate of drug-likeness (QED) is 0.155. The SMILES string of the molecule is c1ccc2c(c1)ccc1ccc(N(c3ccc4c(ccc5c6cccc7c8oc9cc(N(c%10ccc%11ccc%12ccccc%12c%11c%10)c%10ccc%11oc%12ccccc%12c%11c%10)ccc9c8n(c45)c67)c3)c3ccc4oc5ccccc5c4c3)cc12. The number of furan rings is 3. The van der Waals surface area contributed by atoms with E-state index in [0.717, 1.165) is 116 Å². The zero-order valence-electron chi connectivity index (χ0n) is 43.9. The highest BCUT2D eigenvalue weighted by Crippen LogP contribution is 2.49. The van der Waals surface area contributed by atoms with Crippen LogP contribution in [0.25, 0.3) is 147 Å². The van der Waals surface area contributed by atoms with Crippen molar-refractivity contribution in [2.24, 2.45) is 0 Å². The van der Waals surface area contributed by atoms with E-state index in [1.165, 1.54) is 64.8 Å². The summed E-state index contributed by atoms with van der Waals surface area (Å²) in [6, 6.07) is 94.6. The second-order valence-electron chi connectivity index (χ2n) is 22.0.